The number of unbranched alkanes of at least 4 members (excludes halogenated alkanes) is 2. The Morgan fingerprint density at radius 2 is 0.824 bits per heavy atom. The monoisotopic (exact) mass is 704 g/mol. The van der Waals surface area contributed by atoms with E-state index in [1.165, 1.54) is 0 Å². The van der Waals surface area contributed by atoms with Crippen LogP contribution >= 0.6 is 0 Å². The Bertz CT molecular complexity index is 1410. The molecule has 2 unspecified atom stereocenters. The van der Waals surface area contributed by atoms with Crippen molar-refractivity contribution >= 4 is 35.4 Å². The first-order valence-corrected chi connectivity index (χ1v) is 18.0. The fraction of sp³-hybridized carbons (Fsp3) is 0.526. The van der Waals surface area contributed by atoms with Gasteiger partial charge in [-0.25, -0.2) is 0 Å². The van der Waals surface area contributed by atoms with Gasteiger partial charge < -0.3 is 24.0 Å². The molecule has 3 heterocycles. The highest BCUT2D eigenvalue weighted by Gasteiger charge is 2.45. The highest BCUT2D eigenvalue weighted by Crippen LogP contribution is 2.29. The number of hydrogen-bond acceptors (Lipinski definition) is 9. The zero-order valence-corrected chi connectivity index (χ0v) is 29.6. The lowest BCUT2D eigenvalue weighted by Gasteiger charge is -2.32. The Balaban J connectivity index is 1.28. The SMILES string of the molecule is CCCCC(C(=O)N1CCOCCOCCN(C(=O)C(CCCC)N2C(=O)c3ccccc3C2=O)CCOCC1)N1C(=O)c2ccccc2C1=O. The third kappa shape index (κ3) is 8.54. The van der Waals surface area contributed by atoms with Gasteiger partial charge >= 0.3 is 0 Å². The lowest BCUT2D eigenvalue weighted by Crippen LogP contribution is -2.52. The molecule has 1 saturated heterocycles. The van der Waals surface area contributed by atoms with Crippen LogP contribution in [0.2, 0.25) is 0 Å². The second-order valence-electron chi connectivity index (χ2n) is 12.9. The third-order valence-electron chi connectivity index (χ3n) is 9.52. The van der Waals surface area contributed by atoms with Gasteiger partial charge in [0.25, 0.3) is 23.6 Å². The van der Waals surface area contributed by atoms with Gasteiger partial charge in [-0.1, -0.05) is 63.8 Å². The summed E-state index contributed by atoms with van der Waals surface area (Å²) in [6.07, 6.45) is 3.51. The third-order valence-corrected chi connectivity index (χ3v) is 9.52. The quantitative estimate of drug-likeness (QED) is 0.340. The molecule has 13 heteroatoms. The average Bonchev–Trinajstić information content (AvgIpc) is 3.54. The van der Waals surface area contributed by atoms with E-state index < -0.39 is 35.7 Å². The van der Waals surface area contributed by atoms with Crippen molar-refractivity contribution in [1.29, 1.82) is 0 Å². The first-order chi connectivity index (χ1) is 24.8. The van der Waals surface area contributed by atoms with Gasteiger partial charge in [0.1, 0.15) is 12.1 Å². The minimum atomic E-state index is -0.974. The Kier molecular flexibility index (Phi) is 13.5. The van der Waals surface area contributed by atoms with Crippen molar-refractivity contribution in [3.05, 3.63) is 70.8 Å². The van der Waals surface area contributed by atoms with Gasteiger partial charge in [0, 0.05) is 26.2 Å². The summed E-state index contributed by atoms with van der Waals surface area (Å²) in [6, 6.07) is 11.2. The van der Waals surface area contributed by atoms with Gasteiger partial charge in [-0.05, 0) is 37.1 Å². The minimum absolute atomic E-state index is 0.130. The largest absolute Gasteiger partial charge is 0.378 e. The Morgan fingerprint density at radius 3 is 1.12 bits per heavy atom. The maximum Gasteiger partial charge on any atom is 0.262 e. The molecule has 5 rings (SSSR count). The van der Waals surface area contributed by atoms with Crippen molar-refractivity contribution < 1.29 is 43.0 Å². The Hall–Kier alpha value is -4.46. The summed E-state index contributed by atoms with van der Waals surface area (Å²) >= 11 is 0. The minimum Gasteiger partial charge on any atom is -0.378 e. The summed E-state index contributed by atoms with van der Waals surface area (Å²) < 4.78 is 17.5. The number of nitrogens with zero attached hydrogens (tertiary/aromatic N) is 4. The zero-order chi connectivity index (χ0) is 36.3. The standard InChI is InChI=1S/C38H48N4O9/c1-3-5-15-31(41-33(43)27-11-7-8-12-28(27)34(41)44)37(47)39-17-21-49-22-18-40(20-24-51-26-25-50-23-19-39)38(48)32(16-6-4-2)42-35(45)29-13-9-10-14-30(29)36(42)46/h7-14,31-32H,3-6,15-26H2,1-2H3. The van der Waals surface area contributed by atoms with E-state index in [2.05, 4.69) is 0 Å². The van der Waals surface area contributed by atoms with Crippen LogP contribution in [-0.4, -0.2) is 133 Å². The van der Waals surface area contributed by atoms with Crippen LogP contribution in [0, 0.1) is 0 Å². The van der Waals surface area contributed by atoms with Gasteiger partial charge in [0.2, 0.25) is 11.8 Å². The number of hydrogen-bond donors (Lipinski definition) is 0. The lowest BCUT2D eigenvalue weighted by molar-refractivity contribution is -0.137. The maximum atomic E-state index is 14.1. The van der Waals surface area contributed by atoms with Crippen LogP contribution in [0.15, 0.2) is 48.5 Å². The first kappa shape index (κ1) is 37.8. The fourth-order valence-electron chi connectivity index (χ4n) is 6.71. The number of fused-ring (bicyclic) bond motifs is 2. The van der Waals surface area contributed by atoms with E-state index in [4.69, 9.17) is 14.2 Å². The van der Waals surface area contributed by atoms with Crippen molar-refractivity contribution in [1.82, 2.24) is 19.6 Å². The van der Waals surface area contributed by atoms with Crippen molar-refractivity contribution in [2.75, 3.05) is 65.8 Å². The summed E-state index contributed by atoms with van der Waals surface area (Å²) in [5, 5.41) is 0. The molecule has 0 spiro atoms. The van der Waals surface area contributed by atoms with Crippen LogP contribution in [-0.2, 0) is 23.8 Å². The second kappa shape index (κ2) is 18.2. The molecule has 274 valence electrons. The summed E-state index contributed by atoms with van der Waals surface area (Å²) in [5.41, 5.74) is 1.17. The number of carbonyl (C=O) groups excluding carboxylic acids is 6. The van der Waals surface area contributed by atoms with Crippen LogP contribution in [0.5, 0.6) is 0 Å². The van der Waals surface area contributed by atoms with E-state index in [-0.39, 0.29) is 77.6 Å². The molecule has 0 saturated carbocycles. The molecule has 2 aromatic carbocycles. The van der Waals surface area contributed by atoms with Crippen LogP contribution in [0.3, 0.4) is 0 Å². The highest BCUT2D eigenvalue weighted by atomic mass is 16.5. The lowest BCUT2D eigenvalue weighted by atomic mass is 10.1. The van der Waals surface area contributed by atoms with Crippen molar-refractivity contribution in [3.8, 4) is 0 Å². The smallest absolute Gasteiger partial charge is 0.262 e. The first-order valence-electron chi connectivity index (χ1n) is 18.0. The molecule has 0 aliphatic carbocycles. The number of rotatable bonds is 10. The molecule has 0 N–H and O–H groups in total. The van der Waals surface area contributed by atoms with Gasteiger partial charge in [-0.15, -0.1) is 0 Å². The second-order valence-corrected chi connectivity index (χ2v) is 12.9. The molecule has 0 radical (unpaired) electrons. The number of ether oxygens (including phenoxy) is 3. The predicted molar refractivity (Wildman–Crippen MR) is 186 cm³/mol. The van der Waals surface area contributed by atoms with Gasteiger partial charge in [-0.3, -0.25) is 38.6 Å². The molecule has 51 heavy (non-hydrogen) atoms. The van der Waals surface area contributed by atoms with Crippen LogP contribution in [0.25, 0.3) is 0 Å². The summed E-state index contributed by atoms with van der Waals surface area (Å²) in [6.45, 7) is 5.93. The van der Waals surface area contributed by atoms with Gasteiger partial charge in [-0.2, -0.15) is 0 Å². The van der Waals surface area contributed by atoms with Crippen LogP contribution in [0.4, 0.5) is 0 Å². The molecule has 13 nitrogen and oxygen atoms in total. The van der Waals surface area contributed by atoms with E-state index >= 15 is 0 Å². The van der Waals surface area contributed by atoms with Crippen LogP contribution < -0.4 is 0 Å². The summed E-state index contributed by atoms with van der Waals surface area (Å²) in [5.74, 6) is -2.62. The molecule has 1 fully saturated rings. The van der Waals surface area contributed by atoms with Gasteiger partial charge in [0.05, 0.1) is 61.9 Å². The van der Waals surface area contributed by atoms with E-state index in [1.807, 2.05) is 13.8 Å². The van der Waals surface area contributed by atoms with Crippen molar-refractivity contribution in [3.63, 3.8) is 0 Å². The Morgan fingerprint density at radius 1 is 0.529 bits per heavy atom. The normalized spacial score (nSPS) is 19.0. The highest BCUT2D eigenvalue weighted by molar-refractivity contribution is 6.23. The van der Waals surface area contributed by atoms with E-state index in [0.29, 0.717) is 47.9 Å². The number of benzene rings is 2. The molecule has 3 aliphatic heterocycles. The molecular weight excluding hydrogens is 656 g/mol. The molecule has 0 bridgehead atoms. The maximum absolute atomic E-state index is 14.1. The van der Waals surface area contributed by atoms with E-state index in [0.717, 1.165) is 22.6 Å². The summed E-state index contributed by atoms with van der Waals surface area (Å²) in [7, 11) is 0. The summed E-state index contributed by atoms with van der Waals surface area (Å²) in [4.78, 5) is 87.1. The molecule has 6 amide bonds. The molecular formula is C38H48N4O9. The van der Waals surface area contributed by atoms with Crippen molar-refractivity contribution in [2.24, 2.45) is 0 Å². The van der Waals surface area contributed by atoms with Gasteiger partial charge in [0.15, 0.2) is 0 Å². The number of carbonyl (C=O) groups is 6. The zero-order valence-electron chi connectivity index (χ0n) is 29.6. The topological polar surface area (TPSA) is 143 Å². The molecule has 2 aromatic rings. The molecule has 0 aromatic heterocycles. The van der Waals surface area contributed by atoms with E-state index in [1.54, 1.807) is 58.3 Å². The average molecular weight is 705 g/mol. The Labute approximate surface area is 298 Å². The predicted octanol–water partition coefficient (Wildman–Crippen LogP) is 3.42. The fourth-order valence-corrected chi connectivity index (χ4v) is 6.71. The van der Waals surface area contributed by atoms with Crippen molar-refractivity contribution in [2.45, 2.75) is 64.5 Å². The molecule has 2 atom stereocenters. The van der Waals surface area contributed by atoms with E-state index in [9.17, 15) is 28.8 Å². The number of imide groups is 2. The number of amides is 6. The van der Waals surface area contributed by atoms with Crippen LogP contribution in [0.1, 0.15) is 93.8 Å². The molecule has 3 aliphatic rings.